The van der Waals surface area contributed by atoms with Crippen LogP contribution in [0.5, 0.6) is 11.5 Å². The third kappa shape index (κ3) is 8.61. The zero-order valence-corrected chi connectivity index (χ0v) is 20.7. The fraction of sp³-hybridized carbons (Fsp3) is 0.462. The second-order valence-electron chi connectivity index (χ2n) is 8.02. The van der Waals surface area contributed by atoms with E-state index < -0.39 is 6.04 Å². The van der Waals surface area contributed by atoms with E-state index in [0.29, 0.717) is 42.5 Å². The van der Waals surface area contributed by atoms with Crippen LogP contribution in [-0.2, 0) is 16.1 Å². The first-order chi connectivity index (χ1) is 15.9. The molecule has 0 heterocycles. The summed E-state index contributed by atoms with van der Waals surface area (Å²) in [6.07, 6.45) is 2.18. The molecule has 0 aromatic heterocycles. The number of halogens is 1. The van der Waals surface area contributed by atoms with E-state index in [-0.39, 0.29) is 24.3 Å². The summed E-state index contributed by atoms with van der Waals surface area (Å²) >= 11 is 5.90. The molecule has 0 fully saturated rings. The van der Waals surface area contributed by atoms with Gasteiger partial charge in [0.25, 0.3) is 0 Å². The number of amides is 2. The number of carbonyl (C=O) groups is 2. The Morgan fingerprint density at radius 1 is 1.06 bits per heavy atom. The van der Waals surface area contributed by atoms with E-state index in [1.165, 1.54) is 0 Å². The Hall–Kier alpha value is -2.73. The maximum Gasteiger partial charge on any atom is 0.243 e. The highest BCUT2D eigenvalue weighted by molar-refractivity contribution is 6.30. The van der Waals surface area contributed by atoms with Gasteiger partial charge >= 0.3 is 0 Å². The van der Waals surface area contributed by atoms with Crippen molar-refractivity contribution in [2.24, 2.45) is 0 Å². The van der Waals surface area contributed by atoms with Crippen LogP contribution in [0.3, 0.4) is 0 Å². The first-order valence-corrected chi connectivity index (χ1v) is 11.9. The number of rotatable bonds is 13. The largest absolute Gasteiger partial charge is 0.497 e. The number of carbonyl (C=O) groups excluding carboxylic acids is 2. The third-order valence-corrected chi connectivity index (χ3v) is 5.74. The molecule has 0 saturated carbocycles. The van der Waals surface area contributed by atoms with E-state index >= 15 is 0 Å². The van der Waals surface area contributed by atoms with Crippen molar-refractivity contribution in [2.45, 2.75) is 65.1 Å². The molecule has 1 N–H and O–H groups in total. The molecule has 2 aromatic carbocycles. The molecule has 33 heavy (non-hydrogen) atoms. The minimum absolute atomic E-state index is 0.0492. The van der Waals surface area contributed by atoms with Gasteiger partial charge in [0.1, 0.15) is 17.5 Å². The third-order valence-electron chi connectivity index (χ3n) is 5.49. The molecule has 0 aliphatic rings. The molecule has 2 rings (SSSR count). The Morgan fingerprint density at radius 2 is 1.79 bits per heavy atom. The Kier molecular flexibility index (Phi) is 11.0. The van der Waals surface area contributed by atoms with Gasteiger partial charge in [0.05, 0.1) is 13.7 Å². The Balaban J connectivity index is 2.09. The van der Waals surface area contributed by atoms with Crippen LogP contribution in [0.2, 0.25) is 5.02 Å². The van der Waals surface area contributed by atoms with Crippen molar-refractivity contribution < 1.29 is 19.1 Å². The number of hydrogen-bond donors (Lipinski definition) is 1. The lowest BCUT2D eigenvalue weighted by molar-refractivity contribution is -0.141. The first-order valence-electron chi connectivity index (χ1n) is 11.5. The van der Waals surface area contributed by atoms with E-state index in [1.54, 1.807) is 36.3 Å². The van der Waals surface area contributed by atoms with Gasteiger partial charge in [0, 0.05) is 24.0 Å². The van der Waals surface area contributed by atoms with Gasteiger partial charge in [-0.25, -0.2) is 0 Å². The first kappa shape index (κ1) is 26.5. The highest BCUT2D eigenvalue weighted by Gasteiger charge is 2.29. The van der Waals surface area contributed by atoms with Crippen molar-refractivity contribution in [3.05, 3.63) is 59.1 Å². The minimum atomic E-state index is -0.546. The van der Waals surface area contributed by atoms with E-state index in [0.717, 1.165) is 12.0 Å². The SMILES string of the molecule is CC[C@@H](C)NC(=O)[C@@H](CC)N(Cc1cccc(OC)c1)C(=O)CCCOc1ccc(Cl)cc1. The number of methoxy groups -OCH3 is 1. The van der Waals surface area contributed by atoms with Crippen LogP contribution >= 0.6 is 11.6 Å². The van der Waals surface area contributed by atoms with Crippen molar-refractivity contribution >= 4 is 23.4 Å². The summed E-state index contributed by atoms with van der Waals surface area (Å²) in [4.78, 5) is 27.9. The molecule has 180 valence electrons. The van der Waals surface area contributed by atoms with Crippen LogP contribution in [0.4, 0.5) is 0 Å². The summed E-state index contributed by atoms with van der Waals surface area (Å²) in [5.74, 6) is 1.22. The van der Waals surface area contributed by atoms with Crippen LogP contribution in [-0.4, -0.2) is 42.5 Å². The summed E-state index contributed by atoms with van der Waals surface area (Å²) < 4.78 is 11.0. The molecule has 0 radical (unpaired) electrons. The Bertz CT molecular complexity index is 888. The van der Waals surface area contributed by atoms with Crippen LogP contribution in [0.15, 0.2) is 48.5 Å². The van der Waals surface area contributed by atoms with E-state index in [2.05, 4.69) is 5.32 Å². The lowest BCUT2D eigenvalue weighted by atomic mass is 10.1. The number of nitrogens with zero attached hydrogens (tertiary/aromatic N) is 1. The number of hydrogen-bond acceptors (Lipinski definition) is 4. The second kappa shape index (κ2) is 13.7. The summed E-state index contributed by atoms with van der Waals surface area (Å²) in [6.45, 7) is 6.64. The topological polar surface area (TPSA) is 67.9 Å². The molecular weight excluding hydrogens is 440 g/mol. The Morgan fingerprint density at radius 3 is 2.42 bits per heavy atom. The minimum Gasteiger partial charge on any atom is -0.497 e. The molecular formula is C26H35ClN2O4. The average Bonchev–Trinajstić information content (AvgIpc) is 2.82. The predicted octanol–water partition coefficient (Wildman–Crippen LogP) is 5.23. The normalized spacial score (nSPS) is 12.5. The molecule has 0 unspecified atom stereocenters. The van der Waals surface area contributed by atoms with Gasteiger partial charge in [0.2, 0.25) is 11.8 Å². The van der Waals surface area contributed by atoms with Gasteiger partial charge < -0.3 is 19.7 Å². The lowest BCUT2D eigenvalue weighted by Crippen LogP contribution is -2.50. The van der Waals surface area contributed by atoms with Crippen LogP contribution in [0.1, 0.15) is 52.0 Å². The molecule has 7 heteroatoms. The number of nitrogens with one attached hydrogen (secondary N) is 1. The summed E-state index contributed by atoms with van der Waals surface area (Å²) in [6, 6.07) is 14.2. The van der Waals surface area contributed by atoms with E-state index in [9.17, 15) is 9.59 Å². The van der Waals surface area contributed by atoms with Crippen molar-refractivity contribution in [3.8, 4) is 11.5 Å². The molecule has 2 amide bonds. The standard InChI is InChI=1S/C26H35ClN2O4/c1-5-19(3)28-26(31)24(6-2)29(18-20-9-7-10-23(17-20)32-4)25(30)11-8-16-33-22-14-12-21(27)13-15-22/h7,9-10,12-15,17,19,24H,5-6,8,11,16,18H2,1-4H3,(H,28,31)/t19-,24-/m1/s1. The molecule has 0 aliphatic heterocycles. The van der Waals surface area contributed by atoms with Crippen molar-refractivity contribution in [1.82, 2.24) is 10.2 Å². The van der Waals surface area contributed by atoms with Gasteiger partial charge in [-0.1, -0.05) is 37.6 Å². The maximum absolute atomic E-state index is 13.3. The fourth-order valence-electron chi connectivity index (χ4n) is 3.42. The molecule has 0 saturated heterocycles. The Labute approximate surface area is 202 Å². The highest BCUT2D eigenvalue weighted by atomic mass is 35.5. The fourth-order valence-corrected chi connectivity index (χ4v) is 3.54. The van der Waals surface area contributed by atoms with Crippen LogP contribution in [0.25, 0.3) is 0 Å². The summed E-state index contributed by atoms with van der Waals surface area (Å²) in [5, 5.41) is 3.67. The van der Waals surface area contributed by atoms with E-state index in [1.807, 2.05) is 45.0 Å². The molecule has 6 nitrogen and oxygen atoms in total. The molecule has 0 bridgehead atoms. The van der Waals surface area contributed by atoms with Gasteiger partial charge in [-0.3, -0.25) is 9.59 Å². The quantitative estimate of drug-likeness (QED) is 0.403. The molecule has 0 aliphatic carbocycles. The van der Waals surface area contributed by atoms with Gasteiger partial charge in [-0.05, 0) is 68.1 Å². The van der Waals surface area contributed by atoms with E-state index in [4.69, 9.17) is 21.1 Å². The second-order valence-corrected chi connectivity index (χ2v) is 8.46. The van der Waals surface area contributed by atoms with Crippen molar-refractivity contribution in [1.29, 1.82) is 0 Å². The monoisotopic (exact) mass is 474 g/mol. The van der Waals surface area contributed by atoms with Crippen molar-refractivity contribution in [2.75, 3.05) is 13.7 Å². The van der Waals surface area contributed by atoms with Gasteiger partial charge in [0.15, 0.2) is 0 Å². The van der Waals surface area contributed by atoms with Crippen LogP contribution in [0, 0.1) is 0 Å². The van der Waals surface area contributed by atoms with Crippen LogP contribution < -0.4 is 14.8 Å². The molecule has 2 aromatic rings. The lowest BCUT2D eigenvalue weighted by Gasteiger charge is -2.31. The van der Waals surface area contributed by atoms with Gasteiger partial charge in [-0.15, -0.1) is 0 Å². The van der Waals surface area contributed by atoms with Crippen molar-refractivity contribution in [3.63, 3.8) is 0 Å². The molecule has 0 spiro atoms. The smallest absolute Gasteiger partial charge is 0.243 e. The zero-order chi connectivity index (χ0) is 24.2. The predicted molar refractivity (Wildman–Crippen MR) is 132 cm³/mol. The number of benzene rings is 2. The summed E-state index contributed by atoms with van der Waals surface area (Å²) in [5.41, 5.74) is 0.912. The average molecular weight is 475 g/mol. The summed E-state index contributed by atoms with van der Waals surface area (Å²) in [7, 11) is 1.61. The maximum atomic E-state index is 13.3. The van der Waals surface area contributed by atoms with Gasteiger partial charge in [-0.2, -0.15) is 0 Å². The highest BCUT2D eigenvalue weighted by Crippen LogP contribution is 2.19. The number of ether oxygens (including phenoxy) is 2. The zero-order valence-electron chi connectivity index (χ0n) is 20.0. The molecule has 2 atom stereocenters.